The summed E-state index contributed by atoms with van der Waals surface area (Å²) in [6, 6.07) is 9.46. The van der Waals surface area contributed by atoms with Gasteiger partial charge in [0, 0.05) is 24.3 Å². The number of para-hydroxylation sites is 1. The lowest BCUT2D eigenvalue weighted by molar-refractivity contribution is 0.124. The number of nitriles is 1. The van der Waals surface area contributed by atoms with Crippen LogP contribution in [0.15, 0.2) is 24.3 Å². The van der Waals surface area contributed by atoms with E-state index in [9.17, 15) is 5.11 Å². The standard InChI is InChI=1S/C13H19N3O/c1-10(7-14)8-16(2)9-13(17)11-5-3-4-6-12(11)15/h3-6,10,13,17H,8-9,15H2,1-2H3. The molecule has 92 valence electrons. The number of hydrogen-bond acceptors (Lipinski definition) is 4. The summed E-state index contributed by atoms with van der Waals surface area (Å²) in [5.41, 5.74) is 7.13. The molecule has 0 spiro atoms. The summed E-state index contributed by atoms with van der Waals surface area (Å²) in [5.74, 6) is -0.0414. The molecule has 3 N–H and O–H groups in total. The van der Waals surface area contributed by atoms with Gasteiger partial charge < -0.3 is 15.7 Å². The Hall–Kier alpha value is -1.57. The van der Waals surface area contributed by atoms with E-state index in [1.165, 1.54) is 0 Å². The Labute approximate surface area is 102 Å². The average Bonchev–Trinajstić information content (AvgIpc) is 2.29. The fraction of sp³-hybridized carbons (Fsp3) is 0.462. The molecule has 1 rings (SSSR count). The first-order valence-electron chi connectivity index (χ1n) is 5.65. The second-order valence-corrected chi connectivity index (χ2v) is 4.40. The number of likely N-dealkylation sites (N-methyl/N-ethyl adjacent to an activating group) is 1. The first-order chi connectivity index (χ1) is 8.04. The number of aliphatic hydroxyl groups is 1. The largest absolute Gasteiger partial charge is 0.398 e. The molecule has 4 nitrogen and oxygen atoms in total. The molecule has 0 heterocycles. The van der Waals surface area contributed by atoms with E-state index in [-0.39, 0.29) is 5.92 Å². The topological polar surface area (TPSA) is 73.3 Å². The zero-order valence-corrected chi connectivity index (χ0v) is 10.3. The molecule has 2 atom stereocenters. The van der Waals surface area contributed by atoms with Crippen molar-refractivity contribution in [3.05, 3.63) is 29.8 Å². The molecule has 0 aliphatic heterocycles. The van der Waals surface area contributed by atoms with E-state index in [4.69, 9.17) is 11.0 Å². The van der Waals surface area contributed by atoms with Gasteiger partial charge in [0.2, 0.25) is 0 Å². The molecule has 2 unspecified atom stereocenters. The van der Waals surface area contributed by atoms with Crippen LogP contribution in [0.2, 0.25) is 0 Å². The summed E-state index contributed by atoms with van der Waals surface area (Å²) < 4.78 is 0. The first kappa shape index (κ1) is 13.5. The fourth-order valence-electron chi connectivity index (χ4n) is 1.79. The van der Waals surface area contributed by atoms with Crippen LogP contribution >= 0.6 is 0 Å². The van der Waals surface area contributed by atoms with Gasteiger partial charge in [0.15, 0.2) is 0 Å². The molecule has 4 heteroatoms. The van der Waals surface area contributed by atoms with Gasteiger partial charge in [0.25, 0.3) is 0 Å². The van der Waals surface area contributed by atoms with Crippen molar-refractivity contribution in [3.63, 3.8) is 0 Å². The molecule has 0 radical (unpaired) electrons. The van der Waals surface area contributed by atoms with Crippen molar-refractivity contribution in [2.45, 2.75) is 13.0 Å². The average molecular weight is 233 g/mol. The Kier molecular flexibility index (Phi) is 4.95. The van der Waals surface area contributed by atoms with Crippen molar-refractivity contribution in [2.24, 2.45) is 5.92 Å². The van der Waals surface area contributed by atoms with Crippen molar-refractivity contribution >= 4 is 5.69 Å². The maximum Gasteiger partial charge on any atom is 0.0936 e. The molecule has 0 aliphatic carbocycles. The molecular weight excluding hydrogens is 214 g/mol. The maximum absolute atomic E-state index is 10.1. The lowest BCUT2D eigenvalue weighted by atomic mass is 10.1. The molecule has 0 amide bonds. The Bertz CT molecular complexity index is 400. The van der Waals surface area contributed by atoms with Crippen molar-refractivity contribution in [3.8, 4) is 6.07 Å². The number of anilines is 1. The van der Waals surface area contributed by atoms with Gasteiger partial charge in [-0.05, 0) is 20.0 Å². The Morgan fingerprint density at radius 1 is 1.41 bits per heavy atom. The normalized spacial score (nSPS) is 14.3. The van der Waals surface area contributed by atoms with Crippen LogP contribution in [0.5, 0.6) is 0 Å². The van der Waals surface area contributed by atoms with Crippen molar-refractivity contribution in [2.75, 3.05) is 25.9 Å². The third-order valence-corrected chi connectivity index (χ3v) is 2.65. The van der Waals surface area contributed by atoms with E-state index in [2.05, 4.69) is 6.07 Å². The van der Waals surface area contributed by atoms with Gasteiger partial charge in [-0.2, -0.15) is 5.26 Å². The predicted molar refractivity (Wildman–Crippen MR) is 68.1 cm³/mol. The summed E-state index contributed by atoms with van der Waals surface area (Å²) in [5, 5.41) is 18.8. The number of aliphatic hydroxyl groups excluding tert-OH is 1. The van der Waals surface area contributed by atoms with Gasteiger partial charge in [-0.25, -0.2) is 0 Å². The van der Waals surface area contributed by atoms with Crippen LogP contribution in [-0.2, 0) is 0 Å². The van der Waals surface area contributed by atoms with Gasteiger partial charge in [-0.3, -0.25) is 0 Å². The molecule has 0 fully saturated rings. The molecule has 0 saturated carbocycles. The number of nitrogens with two attached hydrogens (primary N) is 1. The Balaban J connectivity index is 2.58. The third-order valence-electron chi connectivity index (χ3n) is 2.65. The van der Waals surface area contributed by atoms with Crippen LogP contribution in [0.3, 0.4) is 0 Å². The number of benzene rings is 1. The zero-order valence-electron chi connectivity index (χ0n) is 10.3. The highest BCUT2D eigenvalue weighted by Crippen LogP contribution is 2.20. The monoisotopic (exact) mass is 233 g/mol. The number of nitrogen functional groups attached to an aromatic ring is 1. The number of hydrogen-bond donors (Lipinski definition) is 2. The van der Waals surface area contributed by atoms with Gasteiger partial charge >= 0.3 is 0 Å². The van der Waals surface area contributed by atoms with Crippen LogP contribution in [0.4, 0.5) is 5.69 Å². The van der Waals surface area contributed by atoms with E-state index in [1.54, 1.807) is 6.07 Å². The molecule has 1 aromatic carbocycles. The lowest BCUT2D eigenvalue weighted by Gasteiger charge is -2.22. The molecule has 0 bridgehead atoms. The summed E-state index contributed by atoms with van der Waals surface area (Å²) in [4.78, 5) is 1.94. The van der Waals surface area contributed by atoms with Crippen LogP contribution in [0, 0.1) is 17.2 Å². The minimum Gasteiger partial charge on any atom is -0.398 e. The second kappa shape index (κ2) is 6.24. The SMILES string of the molecule is CC(C#N)CN(C)CC(O)c1ccccc1N. The Morgan fingerprint density at radius 2 is 2.06 bits per heavy atom. The zero-order chi connectivity index (χ0) is 12.8. The summed E-state index contributed by atoms with van der Waals surface area (Å²) in [6.07, 6.45) is -0.618. The highest BCUT2D eigenvalue weighted by atomic mass is 16.3. The van der Waals surface area contributed by atoms with Gasteiger partial charge in [0.1, 0.15) is 0 Å². The minimum absolute atomic E-state index is 0.0414. The van der Waals surface area contributed by atoms with E-state index in [0.717, 1.165) is 5.56 Å². The third kappa shape index (κ3) is 4.06. The Morgan fingerprint density at radius 3 is 2.65 bits per heavy atom. The molecule has 17 heavy (non-hydrogen) atoms. The predicted octanol–water partition coefficient (Wildman–Crippen LogP) is 1.39. The second-order valence-electron chi connectivity index (χ2n) is 4.40. The lowest BCUT2D eigenvalue weighted by Crippen LogP contribution is -2.28. The quantitative estimate of drug-likeness (QED) is 0.754. The van der Waals surface area contributed by atoms with Crippen LogP contribution < -0.4 is 5.73 Å². The van der Waals surface area contributed by atoms with Crippen molar-refractivity contribution in [1.82, 2.24) is 4.90 Å². The summed E-state index contributed by atoms with van der Waals surface area (Å²) >= 11 is 0. The molecule has 0 aliphatic rings. The first-order valence-corrected chi connectivity index (χ1v) is 5.65. The smallest absolute Gasteiger partial charge is 0.0936 e. The highest BCUT2D eigenvalue weighted by Gasteiger charge is 2.14. The van der Waals surface area contributed by atoms with E-state index in [1.807, 2.05) is 37.1 Å². The highest BCUT2D eigenvalue weighted by molar-refractivity contribution is 5.47. The minimum atomic E-state index is -0.618. The molecule has 0 aromatic heterocycles. The van der Waals surface area contributed by atoms with Gasteiger partial charge in [-0.15, -0.1) is 0 Å². The van der Waals surface area contributed by atoms with E-state index < -0.39 is 6.10 Å². The maximum atomic E-state index is 10.1. The molecule has 1 aromatic rings. The molecule has 0 saturated heterocycles. The van der Waals surface area contributed by atoms with Gasteiger partial charge in [-0.1, -0.05) is 18.2 Å². The molecular formula is C13H19N3O. The van der Waals surface area contributed by atoms with Gasteiger partial charge in [0.05, 0.1) is 18.1 Å². The van der Waals surface area contributed by atoms with Crippen LogP contribution in [-0.4, -0.2) is 30.1 Å². The fourth-order valence-corrected chi connectivity index (χ4v) is 1.79. The summed E-state index contributed by atoms with van der Waals surface area (Å²) in [7, 11) is 1.89. The van der Waals surface area contributed by atoms with Crippen LogP contribution in [0.1, 0.15) is 18.6 Å². The number of nitrogens with zero attached hydrogens (tertiary/aromatic N) is 2. The van der Waals surface area contributed by atoms with Crippen molar-refractivity contribution < 1.29 is 5.11 Å². The van der Waals surface area contributed by atoms with E-state index in [0.29, 0.717) is 18.8 Å². The number of rotatable bonds is 5. The van der Waals surface area contributed by atoms with E-state index >= 15 is 0 Å². The summed E-state index contributed by atoms with van der Waals surface area (Å²) in [6.45, 7) is 2.97. The van der Waals surface area contributed by atoms with Crippen LogP contribution in [0.25, 0.3) is 0 Å². The van der Waals surface area contributed by atoms with Crippen molar-refractivity contribution in [1.29, 1.82) is 5.26 Å².